The Balaban J connectivity index is 1.09. The predicted octanol–water partition coefficient (Wildman–Crippen LogP) is 2.25. The SMILES string of the molecule is NCc1nc(CN2CCN(CCC34CC5CC(CC(C5)C3)C4)CC2)no1. The molecule has 0 unspecified atom stereocenters. The van der Waals surface area contributed by atoms with Gasteiger partial charge in [0.25, 0.3) is 0 Å². The molecule has 6 rings (SSSR count). The Bertz CT molecular complexity index is 586. The van der Waals surface area contributed by atoms with E-state index in [1.807, 2.05) is 0 Å². The van der Waals surface area contributed by atoms with E-state index >= 15 is 0 Å². The minimum absolute atomic E-state index is 0.325. The Labute approximate surface area is 156 Å². The van der Waals surface area contributed by atoms with Crippen molar-refractivity contribution in [1.29, 1.82) is 0 Å². The predicted molar refractivity (Wildman–Crippen MR) is 99.1 cm³/mol. The Morgan fingerprint density at radius 2 is 1.58 bits per heavy atom. The van der Waals surface area contributed by atoms with Crippen molar-refractivity contribution in [1.82, 2.24) is 19.9 Å². The molecule has 1 aromatic rings. The standard InChI is InChI=1S/C20H33N5O/c21-13-19-22-18(23-26-19)14-25-5-3-24(4-6-25)2-1-20-10-15-7-16(11-20)9-17(8-15)12-20/h15-17H,1-14,21H2. The number of nitrogens with zero attached hydrogens (tertiary/aromatic N) is 4. The van der Waals surface area contributed by atoms with E-state index in [4.69, 9.17) is 10.3 Å². The van der Waals surface area contributed by atoms with Crippen LogP contribution in [0.3, 0.4) is 0 Å². The second-order valence-corrected chi connectivity index (χ2v) is 9.59. The van der Waals surface area contributed by atoms with Crippen LogP contribution in [-0.4, -0.2) is 52.7 Å². The Kier molecular flexibility index (Phi) is 4.53. The molecule has 1 aromatic heterocycles. The molecule has 0 amide bonds. The molecule has 1 aliphatic heterocycles. The molecule has 144 valence electrons. The lowest BCUT2D eigenvalue weighted by Gasteiger charge is -2.57. The lowest BCUT2D eigenvalue weighted by molar-refractivity contribution is -0.0623. The number of rotatable bonds is 6. The minimum Gasteiger partial charge on any atom is -0.338 e. The zero-order valence-electron chi connectivity index (χ0n) is 15.9. The molecule has 2 N–H and O–H groups in total. The lowest BCUT2D eigenvalue weighted by atomic mass is 9.49. The van der Waals surface area contributed by atoms with E-state index in [0.717, 1.165) is 48.6 Å². The molecule has 4 saturated carbocycles. The summed E-state index contributed by atoms with van der Waals surface area (Å²) in [6, 6.07) is 0. The number of hydrogen-bond donors (Lipinski definition) is 1. The first-order valence-electron chi connectivity index (χ1n) is 10.7. The van der Waals surface area contributed by atoms with E-state index in [0.29, 0.717) is 12.4 Å². The molecule has 0 radical (unpaired) electrons. The molecule has 5 fully saturated rings. The van der Waals surface area contributed by atoms with Crippen LogP contribution in [0.4, 0.5) is 0 Å². The maximum absolute atomic E-state index is 5.54. The average molecular weight is 360 g/mol. The highest BCUT2D eigenvalue weighted by atomic mass is 16.5. The molecule has 0 atom stereocenters. The van der Waals surface area contributed by atoms with E-state index in [9.17, 15) is 0 Å². The number of piperazine rings is 1. The monoisotopic (exact) mass is 359 g/mol. The van der Waals surface area contributed by atoms with E-state index in [1.54, 1.807) is 38.5 Å². The van der Waals surface area contributed by atoms with Crippen molar-refractivity contribution in [2.75, 3.05) is 32.7 Å². The van der Waals surface area contributed by atoms with Gasteiger partial charge in [-0.2, -0.15) is 4.98 Å². The zero-order valence-corrected chi connectivity index (χ0v) is 15.9. The van der Waals surface area contributed by atoms with E-state index < -0.39 is 0 Å². The molecule has 1 saturated heterocycles. The normalized spacial score (nSPS) is 37.5. The maximum Gasteiger partial charge on any atom is 0.240 e. The van der Waals surface area contributed by atoms with Crippen LogP contribution in [0.2, 0.25) is 0 Å². The molecule has 5 aliphatic rings. The molecule has 0 aromatic carbocycles. The summed E-state index contributed by atoms with van der Waals surface area (Å²) in [5.41, 5.74) is 6.26. The van der Waals surface area contributed by atoms with Gasteiger partial charge in [-0.05, 0) is 74.7 Å². The van der Waals surface area contributed by atoms with Gasteiger partial charge in [-0.3, -0.25) is 4.90 Å². The summed E-state index contributed by atoms with van der Waals surface area (Å²) in [7, 11) is 0. The van der Waals surface area contributed by atoms with Gasteiger partial charge in [0.2, 0.25) is 5.89 Å². The zero-order chi connectivity index (χ0) is 17.6. The third-order valence-corrected chi connectivity index (χ3v) is 7.64. The molecular weight excluding hydrogens is 326 g/mol. The smallest absolute Gasteiger partial charge is 0.240 e. The van der Waals surface area contributed by atoms with Crippen LogP contribution in [0, 0.1) is 23.2 Å². The Morgan fingerprint density at radius 1 is 0.962 bits per heavy atom. The van der Waals surface area contributed by atoms with E-state index in [2.05, 4.69) is 19.9 Å². The van der Waals surface area contributed by atoms with Crippen LogP contribution < -0.4 is 5.73 Å². The van der Waals surface area contributed by atoms with Gasteiger partial charge in [0.1, 0.15) is 0 Å². The number of nitrogens with two attached hydrogens (primary N) is 1. The van der Waals surface area contributed by atoms with Gasteiger partial charge in [-0.15, -0.1) is 0 Å². The number of hydrogen-bond acceptors (Lipinski definition) is 6. The summed E-state index contributed by atoms with van der Waals surface area (Å²) >= 11 is 0. The third-order valence-electron chi connectivity index (χ3n) is 7.64. The molecule has 6 heteroatoms. The largest absolute Gasteiger partial charge is 0.338 e. The highest BCUT2D eigenvalue weighted by molar-refractivity contribution is 5.01. The summed E-state index contributed by atoms with van der Waals surface area (Å²) in [6.45, 7) is 6.97. The van der Waals surface area contributed by atoms with Crippen LogP contribution in [0.1, 0.15) is 56.7 Å². The van der Waals surface area contributed by atoms with Crippen molar-refractivity contribution in [2.45, 2.75) is 58.0 Å². The van der Waals surface area contributed by atoms with Crippen molar-refractivity contribution in [3.63, 3.8) is 0 Å². The topological polar surface area (TPSA) is 71.4 Å². The highest BCUT2D eigenvalue weighted by Gasteiger charge is 2.50. The lowest BCUT2D eigenvalue weighted by Crippen LogP contribution is -2.50. The van der Waals surface area contributed by atoms with Crippen LogP contribution in [0.25, 0.3) is 0 Å². The quantitative estimate of drug-likeness (QED) is 0.840. The first-order valence-corrected chi connectivity index (χ1v) is 10.7. The van der Waals surface area contributed by atoms with E-state index in [-0.39, 0.29) is 0 Å². The van der Waals surface area contributed by atoms with Gasteiger partial charge < -0.3 is 15.2 Å². The van der Waals surface area contributed by atoms with Gasteiger partial charge in [-0.25, -0.2) is 0 Å². The molecule has 6 nitrogen and oxygen atoms in total. The fourth-order valence-electron chi connectivity index (χ4n) is 6.80. The second kappa shape index (κ2) is 6.88. The number of aromatic nitrogens is 2. The van der Waals surface area contributed by atoms with Crippen molar-refractivity contribution in [2.24, 2.45) is 28.9 Å². The average Bonchev–Trinajstić information content (AvgIpc) is 3.08. The van der Waals surface area contributed by atoms with Gasteiger partial charge in [-0.1, -0.05) is 5.16 Å². The Hall–Kier alpha value is -0.980. The molecule has 4 bridgehead atoms. The molecule has 26 heavy (non-hydrogen) atoms. The fourth-order valence-corrected chi connectivity index (χ4v) is 6.80. The minimum atomic E-state index is 0.325. The van der Waals surface area contributed by atoms with Crippen molar-refractivity contribution in [3.8, 4) is 0 Å². The van der Waals surface area contributed by atoms with Crippen molar-refractivity contribution in [3.05, 3.63) is 11.7 Å². The summed E-state index contributed by atoms with van der Waals surface area (Å²) in [5, 5.41) is 4.02. The first-order chi connectivity index (χ1) is 12.7. The fraction of sp³-hybridized carbons (Fsp3) is 0.900. The summed E-state index contributed by atoms with van der Waals surface area (Å²) in [6.07, 6.45) is 10.7. The van der Waals surface area contributed by atoms with Gasteiger partial charge in [0.15, 0.2) is 5.82 Å². The van der Waals surface area contributed by atoms with E-state index in [1.165, 1.54) is 26.1 Å². The molecule has 0 spiro atoms. The third kappa shape index (κ3) is 3.43. The van der Waals surface area contributed by atoms with Crippen LogP contribution >= 0.6 is 0 Å². The van der Waals surface area contributed by atoms with Crippen LogP contribution in [0.5, 0.6) is 0 Å². The van der Waals surface area contributed by atoms with Gasteiger partial charge in [0.05, 0.1) is 13.1 Å². The summed E-state index contributed by atoms with van der Waals surface area (Å²) < 4.78 is 5.11. The van der Waals surface area contributed by atoms with Crippen LogP contribution in [0.15, 0.2) is 4.52 Å². The highest BCUT2D eigenvalue weighted by Crippen LogP contribution is 2.61. The van der Waals surface area contributed by atoms with Crippen molar-refractivity contribution < 1.29 is 4.52 Å². The summed E-state index contributed by atoms with van der Waals surface area (Å²) in [4.78, 5) is 9.45. The molecule has 4 aliphatic carbocycles. The van der Waals surface area contributed by atoms with Crippen molar-refractivity contribution >= 4 is 0 Å². The second-order valence-electron chi connectivity index (χ2n) is 9.59. The maximum atomic E-state index is 5.54. The van der Waals surface area contributed by atoms with Gasteiger partial charge >= 0.3 is 0 Å². The molecule has 2 heterocycles. The summed E-state index contributed by atoms with van der Waals surface area (Å²) in [5.74, 6) is 4.53. The molecular formula is C20H33N5O. The van der Waals surface area contributed by atoms with Crippen LogP contribution in [-0.2, 0) is 13.1 Å². The first kappa shape index (κ1) is 17.1. The van der Waals surface area contributed by atoms with Gasteiger partial charge in [0, 0.05) is 26.2 Å². The Morgan fingerprint density at radius 3 is 2.15 bits per heavy atom.